The Balaban J connectivity index is 1.88. The first-order valence-corrected chi connectivity index (χ1v) is 16.4. The minimum atomic E-state index is -2.06. The van der Waals surface area contributed by atoms with E-state index >= 15 is 0 Å². The van der Waals surface area contributed by atoms with E-state index in [1.54, 1.807) is 4.90 Å². The molecule has 8 heteroatoms. The van der Waals surface area contributed by atoms with Crippen molar-refractivity contribution < 1.29 is 23.5 Å². The lowest BCUT2D eigenvalue weighted by Crippen LogP contribution is -2.65. The Morgan fingerprint density at radius 1 is 1.19 bits per heavy atom. The van der Waals surface area contributed by atoms with Crippen LogP contribution in [-0.4, -0.2) is 50.0 Å². The monoisotopic (exact) mass is 531 g/mol. The van der Waals surface area contributed by atoms with E-state index in [1.165, 1.54) is 17.8 Å². The largest absolute Gasteiger partial charge is 0.491 e. The Morgan fingerprint density at radius 2 is 1.81 bits per heavy atom. The highest BCUT2D eigenvalue weighted by atomic mass is 32.2. The van der Waals surface area contributed by atoms with Crippen molar-refractivity contribution in [2.75, 3.05) is 6.61 Å². The molecule has 198 valence electrons. The second kappa shape index (κ2) is 10.8. The molecule has 1 fully saturated rings. The van der Waals surface area contributed by atoms with Gasteiger partial charge in [-0.15, -0.1) is 0 Å². The molecule has 0 spiro atoms. The molecule has 1 aromatic rings. The van der Waals surface area contributed by atoms with Crippen LogP contribution in [0.5, 0.6) is 5.75 Å². The Morgan fingerprint density at radius 3 is 2.33 bits per heavy atom. The number of carbonyl (C=O) groups excluding carboxylic acids is 2. The summed E-state index contributed by atoms with van der Waals surface area (Å²) < 4.78 is 17.8. The van der Waals surface area contributed by atoms with Crippen molar-refractivity contribution in [3.05, 3.63) is 47.5 Å². The molecule has 4 atom stereocenters. The van der Waals surface area contributed by atoms with Crippen molar-refractivity contribution in [3.63, 3.8) is 0 Å². The minimum Gasteiger partial charge on any atom is -0.491 e. The van der Waals surface area contributed by atoms with Crippen LogP contribution < -0.4 is 4.74 Å². The van der Waals surface area contributed by atoms with Gasteiger partial charge in [-0.05, 0) is 63.2 Å². The lowest BCUT2D eigenvalue weighted by Gasteiger charge is -2.50. The predicted octanol–water partition coefficient (Wildman–Crippen LogP) is 6.39. The van der Waals surface area contributed by atoms with E-state index in [1.807, 2.05) is 45.0 Å². The van der Waals surface area contributed by atoms with Gasteiger partial charge in [0.25, 0.3) is 0 Å². The first-order valence-electron chi connectivity index (χ1n) is 12.7. The van der Waals surface area contributed by atoms with E-state index in [-0.39, 0.29) is 47.6 Å². The van der Waals surface area contributed by atoms with E-state index in [9.17, 15) is 9.59 Å². The second-order valence-electron chi connectivity index (χ2n) is 11.4. The highest BCUT2D eigenvalue weighted by Crippen LogP contribution is 2.53. The molecule has 0 bridgehead atoms. The highest BCUT2D eigenvalue weighted by molar-refractivity contribution is 8.03. The van der Waals surface area contributed by atoms with Crippen molar-refractivity contribution in [3.8, 4) is 5.75 Å². The number of benzene rings is 1. The number of thioether (sulfide) groups is 1. The number of hydrogen-bond donors (Lipinski definition) is 0. The van der Waals surface area contributed by atoms with Crippen LogP contribution in [0, 0.1) is 11.8 Å². The fraction of sp³-hybridized carbons (Fsp3) is 0.571. The maximum Gasteiger partial charge on any atom is 0.356 e. The summed E-state index contributed by atoms with van der Waals surface area (Å²) >= 11 is 1.51. The number of fused-ring (bicyclic) bond motifs is 1. The fourth-order valence-corrected chi connectivity index (χ4v) is 7.10. The number of rotatable bonds is 10. The molecular weight excluding hydrogens is 490 g/mol. The maximum atomic E-state index is 13.5. The number of amides is 1. The van der Waals surface area contributed by atoms with Gasteiger partial charge in [-0.3, -0.25) is 4.79 Å². The van der Waals surface area contributed by atoms with E-state index < -0.39 is 14.3 Å². The zero-order chi connectivity index (χ0) is 27.0. The molecule has 0 radical (unpaired) electrons. The number of esters is 1. The summed E-state index contributed by atoms with van der Waals surface area (Å²) in [7, 11) is -2.06. The van der Waals surface area contributed by atoms with E-state index in [0.29, 0.717) is 5.70 Å². The highest BCUT2D eigenvalue weighted by Gasteiger charge is 2.61. The van der Waals surface area contributed by atoms with Gasteiger partial charge < -0.3 is 18.8 Å². The second-order valence-corrected chi connectivity index (χ2v) is 17.3. The van der Waals surface area contributed by atoms with Crippen LogP contribution >= 0.6 is 11.8 Å². The van der Waals surface area contributed by atoms with Gasteiger partial charge >= 0.3 is 5.97 Å². The van der Waals surface area contributed by atoms with Gasteiger partial charge in [0, 0.05) is 15.7 Å². The number of carbonyl (C=O) groups is 2. The van der Waals surface area contributed by atoms with Gasteiger partial charge in [-0.1, -0.05) is 52.1 Å². The summed E-state index contributed by atoms with van der Waals surface area (Å²) in [6.45, 7) is 22.8. The molecule has 1 aromatic carbocycles. The van der Waals surface area contributed by atoms with Gasteiger partial charge in [0.2, 0.25) is 5.91 Å². The van der Waals surface area contributed by atoms with Crippen LogP contribution in [0.25, 0.3) is 0 Å². The van der Waals surface area contributed by atoms with Gasteiger partial charge in [-0.25, -0.2) is 4.79 Å². The number of nitrogens with zero attached hydrogens (tertiary/aromatic N) is 1. The molecule has 0 unspecified atom stereocenters. The third-order valence-corrected chi connectivity index (χ3v) is 13.2. The molecule has 0 aliphatic carbocycles. The molecule has 2 heterocycles. The minimum absolute atomic E-state index is 0.0268. The molecule has 2 aliphatic rings. The van der Waals surface area contributed by atoms with Crippen LogP contribution in [0.4, 0.5) is 0 Å². The Bertz CT molecular complexity index is 1030. The van der Waals surface area contributed by atoms with Crippen molar-refractivity contribution >= 4 is 32.0 Å². The molecular formula is C28H41NO5SSi. The Kier molecular flexibility index (Phi) is 8.53. The average molecular weight is 532 g/mol. The number of ether oxygens (including phenoxy) is 2. The van der Waals surface area contributed by atoms with Gasteiger partial charge in [0.1, 0.15) is 18.1 Å². The molecule has 1 amide bonds. The van der Waals surface area contributed by atoms with Crippen LogP contribution in [0.2, 0.25) is 18.1 Å². The SMILES string of the molecule is C=CCOC(=O)C1=C(Sc2ccc(OC(C)C)cc2)[C@H](C)[C@@H]2[C@@H]([C@@H](C)O[Si](C)(C)C(C)(C)C)C(=O)N12. The quantitative estimate of drug-likeness (QED) is 0.151. The first kappa shape index (κ1) is 28.5. The summed E-state index contributed by atoms with van der Waals surface area (Å²) in [5, 5.41) is 0.0411. The average Bonchev–Trinajstić information content (AvgIpc) is 3.00. The van der Waals surface area contributed by atoms with Crippen molar-refractivity contribution in [2.45, 2.75) is 89.7 Å². The number of β-lactam (4-membered cyclic amide) rings is 1. The molecule has 2 aliphatic heterocycles. The van der Waals surface area contributed by atoms with Gasteiger partial charge in [0.05, 0.1) is 24.2 Å². The van der Waals surface area contributed by atoms with Crippen molar-refractivity contribution in [1.82, 2.24) is 4.90 Å². The Hall–Kier alpha value is -2.03. The summed E-state index contributed by atoms with van der Waals surface area (Å²) in [6.07, 6.45) is 1.39. The zero-order valence-corrected chi connectivity index (χ0v) is 24.9. The van der Waals surface area contributed by atoms with Crippen molar-refractivity contribution in [2.24, 2.45) is 11.8 Å². The van der Waals surface area contributed by atoms with Crippen molar-refractivity contribution in [1.29, 1.82) is 0 Å². The molecule has 6 nitrogen and oxygen atoms in total. The molecule has 0 saturated carbocycles. The standard InChI is InChI=1S/C28H41NO5SSi/c1-11-16-32-27(31)24-25(35-21-14-12-20(13-15-21)33-17(2)3)18(4)23-22(26(30)29(23)24)19(5)34-36(9,10)28(6,7)8/h11-15,17-19,22-23H,1,16H2,2-10H3/t18-,19-,22-,23-/m1/s1. The molecule has 0 aromatic heterocycles. The van der Waals surface area contributed by atoms with E-state index in [4.69, 9.17) is 13.9 Å². The van der Waals surface area contributed by atoms with Crippen LogP contribution in [0.1, 0.15) is 48.5 Å². The molecule has 1 saturated heterocycles. The molecule has 0 N–H and O–H groups in total. The summed E-state index contributed by atoms with van der Waals surface area (Å²) in [5.41, 5.74) is 0.350. The van der Waals surface area contributed by atoms with Crippen LogP contribution in [0.3, 0.4) is 0 Å². The normalized spacial score (nSPS) is 22.9. The third-order valence-electron chi connectivity index (χ3n) is 7.33. The topological polar surface area (TPSA) is 65.1 Å². The fourth-order valence-electron chi connectivity index (χ4n) is 4.54. The first-order chi connectivity index (χ1) is 16.7. The Labute approximate surface area is 221 Å². The van der Waals surface area contributed by atoms with E-state index in [2.05, 4.69) is 47.4 Å². The summed E-state index contributed by atoms with van der Waals surface area (Å²) in [6, 6.07) is 7.68. The van der Waals surface area contributed by atoms with Gasteiger partial charge in [-0.2, -0.15) is 0 Å². The van der Waals surface area contributed by atoms with E-state index in [0.717, 1.165) is 15.6 Å². The van der Waals surface area contributed by atoms with Crippen LogP contribution in [0.15, 0.2) is 52.4 Å². The molecule has 3 rings (SSSR count). The van der Waals surface area contributed by atoms with Crippen LogP contribution in [-0.2, 0) is 18.8 Å². The maximum absolute atomic E-state index is 13.5. The summed E-state index contributed by atoms with van der Waals surface area (Å²) in [4.78, 5) is 30.1. The predicted molar refractivity (Wildman–Crippen MR) is 147 cm³/mol. The summed E-state index contributed by atoms with van der Waals surface area (Å²) in [5.74, 6) is -0.0856. The lowest BCUT2D eigenvalue weighted by atomic mass is 9.79. The lowest BCUT2D eigenvalue weighted by molar-refractivity contribution is -0.163. The molecule has 36 heavy (non-hydrogen) atoms. The zero-order valence-electron chi connectivity index (χ0n) is 23.1. The van der Waals surface area contributed by atoms with Gasteiger partial charge in [0.15, 0.2) is 8.32 Å². The smallest absolute Gasteiger partial charge is 0.356 e. The third kappa shape index (κ3) is 5.60. The number of hydrogen-bond acceptors (Lipinski definition) is 6.